The van der Waals surface area contributed by atoms with Crippen molar-refractivity contribution in [1.82, 2.24) is 4.90 Å². The Labute approximate surface area is 157 Å². The lowest BCUT2D eigenvalue weighted by molar-refractivity contribution is 0.0467. The van der Waals surface area contributed by atoms with E-state index in [4.69, 9.17) is 39.0 Å². The zero-order valence-corrected chi connectivity index (χ0v) is 15.4. The van der Waals surface area contributed by atoms with E-state index in [0.29, 0.717) is 11.7 Å². The van der Waals surface area contributed by atoms with Gasteiger partial charge in [0.1, 0.15) is 5.50 Å². The molecular formula is C19H19ClN2O2S. The average molecular weight is 375 g/mol. The van der Waals surface area contributed by atoms with Crippen LogP contribution in [0.1, 0.15) is 30.0 Å². The van der Waals surface area contributed by atoms with E-state index in [2.05, 4.69) is 18.2 Å². The van der Waals surface area contributed by atoms with Gasteiger partial charge in [-0.05, 0) is 35.8 Å². The molecular weight excluding hydrogens is 356 g/mol. The Kier molecular flexibility index (Phi) is 4.21. The van der Waals surface area contributed by atoms with Crippen molar-refractivity contribution < 1.29 is 9.47 Å². The molecule has 0 spiro atoms. The second kappa shape index (κ2) is 6.39. The summed E-state index contributed by atoms with van der Waals surface area (Å²) in [6.07, 6.45) is 1.32. The Morgan fingerprint density at radius 2 is 2.08 bits per heavy atom. The van der Waals surface area contributed by atoms with Crippen LogP contribution >= 0.6 is 23.8 Å². The SMILES string of the molecule is CCC1Oc2cc3c(c(-c4ccccc4)c2O1)C(Cl)N(C(N)=S)CC3. The topological polar surface area (TPSA) is 47.7 Å². The van der Waals surface area contributed by atoms with E-state index in [1.165, 1.54) is 0 Å². The van der Waals surface area contributed by atoms with E-state index in [-0.39, 0.29) is 6.29 Å². The number of hydrogen-bond acceptors (Lipinski definition) is 3. The number of fused-ring (bicyclic) bond motifs is 2. The van der Waals surface area contributed by atoms with Gasteiger partial charge in [-0.1, -0.05) is 48.9 Å². The summed E-state index contributed by atoms with van der Waals surface area (Å²) < 4.78 is 12.1. The van der Waals surface area contributed by atoms with Gasteiger partial charge < -0.3 is 20.1 Å². The normalized spacial score (nSPS) is 21.1. The van der Waals surface area contributed by atoms with Gasteiger partial charge >= 0.3 is 0 Å². The molecule has 0 amide bonds. The number of halogens is 1. The molecule has 0 bridgehead atoms. The maximum atomic E-state index is 6.80. The third-order valence-electron chi connectivity index (χ3n) is 4.69. The lowest BCUT2D eigenvalue weighted by Gasteiger charge is -2.35. The van der Waals surface area contributed by atoms with Crippen LogP contribution in [0.25, 0.3) is 11.1 Å². The minimum atomic E-state index is -0.425. The molecule has 2 atom stereocenters. The molecule has 2 aliphatic rings. The van der Waals surface area contributed by atoms with Crippen LogP contribution < -0.4 is 15.2 Å². The highest BCUT2D eigenvalue weighted by Crippen LogP contribution is 2.51. The van der Waals surface area contributed by atoms with E-state index in [1.807, 2.05) is 30.0 Å². The maximum Gasteiger partial charge on any atom is 0.241 e. The van der Waals surface area contributed by atoms with Crippen molar-refractivity contribution in [3.05, 3.63) is 47.5 Å². The van der Waals surface area contributed by atoms with Crippen LogP contribution in [-0.4, -0.2) is 22.8 Å². The molecule has 2 N–H and O–H groups in total. The summed E-state index contributed by atoms with van der Waals surface area (Å²) in [4.78, 5) is 1.85. The number of alkyl halides is 1. The van der Waals surface area contributed by atoms with Crippen molar-refractivity contribution in [3.63, 3.8) is 0 Å². The molecule has 25 heavy (non-hydrogen) atoms. The van der Waals surface area contributed by atoms with E-state index in [0.717, 1.165) is 46.6 Å². The molecule has 6 heteroatoms. The van der Waals surface area contributed by atoms with Crippen molar-refractivity contribution in [2.24, 2.45) is 5.73 Å². The van der Waals surface area contributed by atoms with Crippen LogP contribution in [0.5, 0.6) is 11.5 Å². The zero-order chi connectivity index (χ0) is 17.6. The third kappa shape index (κ3) is 2.71. The first-order valence-electron chi connectivity index (χ1n) is 8.38. The van der Waals surface area contributed by atoms with Crippen LogP contribution in [0.2, 0.25) is 0 Å². The first kappa shape index (κ1) is 16.5. The van der Waals surface area contributed by atoms with E-state index in [9.17, 15) is 0 Å². The predicted molar refractivity (Wildman–Crippen MR) is 103 cm³/mol. The summed E-state index contributed by atoms with van der Waals surface area (Å²) >= 11 is 12.0. The summed E-state index contributed by atoms with van der Waals surface area (Å²) in [7, 11) is 0. The minimum absolute atomic E-state index is 0.262. The lowest BCUT2D eigenvalue weighted by Crippen LogP contribution is -2.41. The first-order chi connectivity index (χ1) is 12.1. The predicted octanol–water partition coefficient (Wildman–Crippen LogP) is 4.20. The van der Waals surface area contributed by atoms with Crippen LogP contribution in [0, 0.1) is 0 Å². The van der Waals surface area contributed by atoms with Gasteiger partial charge in [0.15, 0.2) is 16.6 Å². The van der Waals surface area contributed by atoms with Crippen LogP contribution in [0.15, 0.2) is 36.4 Å². The Morgan fingerprint density at radius 1 is 1.32 bits per heavy atom. The van der Waals surface area contributed by atoms with Gasteiger partial charge in [0.2, 0.25) is 6.29 Å². The van der Waals surface area contributed by atoms with Crippen molar-refractivity contribution in [2.45, 2.75) is 31.6 Å². The van der Waals surface area contributed by atoms with Crippen LogP contribution in [-0.2, 0) is 6.42 Å². The molecule has 2 aliphatic heterocycles. The van der Waals surface area contributed by atoms with Crippen LogP contribution in [0.3, 0.4) is 0 Å². The molecule has 0 radical (unpaired) electrons. The van der Waals surface area contributed by atoms with Gasteiger partial charge in [-0.3, -0.25) is 0 Å². The molecule has 2 aromatic carbocycles. The molecule has 4 nitrogen and oxygen atoms in total. The summed E-state index contributed by atoms with van der Waals surface area (Å²) in [6.45, 7) is 2.74. The highest BCUT2D eigenvalue weighted by molar-refractivity contribution is 7.80. The maximum absolute atomic E-state index is 6.80. The molecule has 0 aromatic heterocycles. The van der Waals surface area contributed by atoms with Gasteiger partial charge in [-0.15, -0.1) is 0 Å². The first-order valence-corrected chi connectivity index (χ1v) is 9.23. The van der Waals surface area contributed by atoms with Gasteiger partial charge in [0.25, 0.3) is 0 Å². The third-order valence-corrected chi connectivity index (χ3v) is 5.38. The Balaban J connectivity index is 1.94. The Bertz CT molecular complexity index is 828. The number of benzene rings is 2. The summed E-state index contributed by atoms with van der Waals surface area (Å²) in [5.74, 6) is 1.55. The number of thiocarbonyl (C=S) groups is 1. The highest BCUT2D eigenvalue weighted by Gasteiger charge is 2.36. The lowest BCUT2D eigenvalue weighted by atomic mass is 9.89. The smallest absolute Gasteiger partial charge is 0.241 e. The summed E-state index contributed by atoms with van der Waals surface area (Å²) in [5, 5.41) is 0.314. The van der Waals surface area contributed by atoms with Crippen molar-refractivity contribution in [3.8, 4) is 22.6 Å². The largest absolute Gasteiger partial charge is 0.451 e. The van der Waals surface area contributed by atoms with Crippen molar-refractivity contribution >= 4 is 28.9 Å². The quantitative estimate of drug-likeness (QED) is 0.485. The second-order valence-electron chi connectivity index (χ2n) is 6.21. The second-order valence-corrected chi connectivity index (χ2v) is 7.04. The molecule has 0 saturated carbocycles. The van der Waals surface area contributed by atoms with Gasteiger partial charge in [-0.25, -0.2) is 0 Å². The van der Waals surface area contributed by atoms with Crippen molar-refractivity contribution in [2.75, 3.05) is 6.54 Å². The highest BCUT2D eigenvalue weighted by atomic mass is 35.5. The summed E-state index contributed by atoms with van der Waals surface area (Å²) in [6, 6.07) is 12.2. The fourth-order valence-corrected chi connectivity index (χ4v) is 4.18. The van der Waals surface area contributed by atoms with Gasteiger partial charge in [0.05, 0.1) is 0 Å². The monoisotopic (exact) mass is 374 g/mol. The van der Waals surface area contributed by atoms with Crippen LogP contribution in [0.4, 0.5) is 0 Å². The molecule has 4 rings (SSSR count). The Morgan fingerprint density at radius 3 is 2.76 bits per heavy atom. The number of ether oxygens (including phenoxy) is 2. The fourth-order valence-electron chi connectivity index (χ4n) is 3.48. The Hall–Kier alpha value is -1.98. The average Bonchev–Trinajstić information content (AvgIpc) is 3.03. The van der Waals surface area contributed by atoms with E-state index >= 15 is 0 Å². The molecule has 0 aliphatic carbocycles. The molecule has 130 valence electrons. The number of nitrogens with two attached hydrogens (primary N) is 1. The fraction of sp³-hybridized carbons (Fsp3) is 0.316. The van der Waals surface area contributed by atoms with E-state index in [1.54, 1.807) is 0 Å². The summed E-state index contributed by atoms with van der Waals surface area (Å²) in [5.41, 5.74) is 9.64. The number of rotatable bonds is 2. The number of nitrogens with zero attached hydrogens (tertiary/aromatic N) is 1. The number of hydrogen-bond donors (Lipinski definition) is 1. The van der Waals surface area contributed by atoms with Crippen molar-refractivity contribution in [1.29, 1.82) is 0 Å². The zero-order valence-electron chi connectivity index (χ0n) is 13.9. The molecule has 0 fully saturated rings. The minimum Gasteiger partial charge on any atom is -0.451 e. The van der Waals surface area contributed by atoms with E-state index < -0.39 is 5.50 Å². The molecule has 2 aromatic rings. The van der Waals surface area contributed by atoms with Gasteiger partial charge in [0, 0.05) is 24.1 Å². The standard InChI is InChI=1S/C19H19ClN2O2S/c1-2-14-23-13-10-12-8-9-22(19(21)25)18(20)16(12)15(17(13)24-14)11-6-4-3-5-7-11/h3-7,10,14,18H,2,8-9H2,1H3,(H2,21,25). The molecule has 2 heterocycles. The molecule has 0 saturated heterocycles. The molecule has 2 unspecified atom stereocenters. The van der Waals surface area contributed by atoms with Gasteiger partial charge in [-0.2, -0.15) is 0 Å².